The van der Waals surface area contributed by atoms with Crippen molar-refractivity contribution in [2.45, 2.75) is 38.2 Å². The molecule has 1 aromatic rings. The van der Waals surface area contributed by atoms with Crippen molar-refractivity contribution in [2.75, 3.05) is 6.61 Å². The van der Waals surface area contributed by atoms with Gasteiger partial charge in [-0.1, -0.05) is 28.1 Å². The molecule has 0 heterocycles. The van der Waals surface area contributed by atoms with Crippen LogP contribution < -0.4 is 0 Å². The third-order valence-electron chi connectivity index (χ3n) is 3.39. The summed E-state index contributed by atoms with van der Waals surface area (Å²) in [5.74, 6) is 0.357. The number of carbonyl (C=O) groups excluding carboxylic acids is 1. The van der Waals surface area contributed by atoms with Crippen molar-refractivity contribution in [3.8, 4) is 0 Å². The highest BCUT2D eigenvalue weighted by atomic mass is 79.9. The molecule has 1 saturated carbocycles. The lowest BCUT2D eigenvalue weighted by molar-refractivity contribution is -0.130. The van der Waals surface area contributed by atoms with Gasteiger partial charge in [-0.05, 0) is 37.5 Å². The summed E-state index contributed by atoms with van der Waals surface area (Å²) in [6.07, 6.45) is 2.87. The summed E-state index contributed by atoms with van der Waals surface area (Å²) in [6, 6.07) is 8.23. The number of ether oxygens (including phenoxy) is 1. The van der Waals surface area contributed by atoms with E-state index in [1.54, 1.807) is 0 Å². The Kier molecular flexibility index (Phi) is 4.00. The monoisotopic (exact) mass is 296 g/mol. The molecule has 0 atom stereocenters. The Morgan fingerprint density at radius 2 is 2.06 bits per heavy atom. The number of rotatable bonds is 3. The van der Waals surface area contributed by atoms with E-state index in [0.29, 0.717) is 25.2 Å². The SMILES string of the molecule is CCOC1(c2cccc(Br)c2)CCC(=O)CC1. The summed E-state index contributed by atoms with van der Waals surface area (Å²) in [6.45, 7) is 2.69. The molecule has 92 valence electrons. The summed E-state index contributed by atoms with van der Waals surface area (Å²) in [7, 11) is 0. The maximum absolute atomic E-state index is 11.4. The highest BCUT2D eigenvalue weighted by Gasteiger charge is 2.37. The number of hydrogen-bond donors (Lipinski definition) is 0. The average Bonchev–Trinajstić information content (AvgIpc) is 2.33. The zero-order chi connectivity index (χ0) is 12.3. The Balaban J connectivity index is 2.30. The van der Waals surface area contributed by atoms with Crippen LogP contribution in [0, 0.1) is 0 Å². The smallest absolute Gasteiger partial charge is 0.133 e. The van der Waals surface area contributed by atoms with Gasteiger partial charge in [-0.2, -0.15) is 0 Å². The molecule has 0 radical (unpaired) electrons. The van der Waals surface area contributed by atoms with Gasteiger partial charge in [0.1, 0.15) is 5.78 Å². The molecule has 1 aliphatic carbocycles. The Morgan fingerprint density at radius 3 is 2.65 bits per heavy atom. The van der Waals surface area contributed by atoms with Crippen molar-refractivity contribution in [3.05, 3.63) is 34.3 Å². The molecule has 2 rings (SSSR count). The first-order valence-electron chi connectivity index (χ1n) is 6.08. The van der Waals surface area contributed by atoms with Crippen LogP contribution in [-0.4, -0.2) is 12.4 Å². The summed E-state index contributed by atoms with van der Waals surface area (Å²) >= 11 is 3.49. The zero-order valence-electron chi connectivity index (χ0n) is 10.0. The summed E-state index contributed by atoms with van der Waals surface area (Å²) < 4.78 is 7.05. The lowest BCUT2D eigenvalue weighted by Gasteiger charge is -2.37. The van der Waals surface area contributed by atoms with E-state index >= 15 is 0 Å². The summed E-state index contributed by atoms with van der Waals surface area (Å²) in [5, 5.41) is 0. The Labute approximate surface area is 110 Å². The molecule has 0 aliphatic heterocycles. The highest BCUT2D eigenvalue weighted by Crippen LogP contribution is 2.40. The molecule has 0 bridgehead atoms. The molecule has 3 heteroatoms. The number of hydrogen-bond acceptors (Lipinski definition) is 2. The third-order valence-corrected chi connectivity index (χ3v) is 3.88. The number of halogens is 1. The predicted octanol–water partition coefficient (Wildman–Crippen LogP) is 3.82. The van der Waals surface area contributed by atoms with E-state index < -0.39 is 0 Å². The minimum Gasteiger partial charge on any atom is -0.371 e. The lowest BCUT2D eigenvalue weighted by atomic mass is 9.79. The van der Waals surface area contributed by atoms with E-state index in [9.17, 15) is 4.79 Å². The quantitative estimate of drug-likeness (QED) is 0.847. The molecule has 0 spiro atoms. The predicted molar refractivity (Wildman–Crippen MR) is 70.9 cm³/mol. The van der Waals surface area contributed by atoms with Crippen molar-refractivity contribution in [1.82, 2.24) is 0 Å². The first kappa shape index (κ1) is 12.8. The maximum Gasteiger partial charge on any atom is 0.133 e. The van der Waals surface area contributed by atoms with Crippen LogP contribution >= 0.6 is 15.9 Å². The third kappa shape index (κ3) is 2.78. The molecule has 0 amide bonds. The van der Waals surface area contributed by atoms with Crippen LogP contribution in [-0.2, 0) is 15.1 Å². The molecule has 0 aromatic heterocycles. The van der Waals surface area contributed by atoms with Gasteiger partial charge in [-0.3, -0.25) is 4.79 Å². The van der Waals surface area contributed by atoms with Crippen molar-refractivity contribution < 1.29 is 9.53 Å². The Bertz CT molecular complexity index is 404. The fraction of sp³-hybridized carbons (Fsp3) is 0.500. The Hall–Kier alpha value is -0.670. The fourth-order valence-corrected chi connectivity index (χ4v) is 2.90. The van der Waals surface area contributed by atoms with Crippen LogP contribution in [0.15, 0.2) is 28.7 Å². The molecule has 2 nitrogen and oxygen atoms in total. The molecule has 0 saturated heterocycles. The van der Waals surface area contributed by atoms with Gasteiger partial charge in [0.2, 0.25) is 0 Å². The molecular weight excluding hydrogens is 280 g/mol. The molecule has 1 aliphatic rings. The van der Waals surface area contributed by atoms with Crippen molar-refractivity contribution >= 4 is 21.7 Å². The van der Waals surface area contributed by atoms with Gasteiger partial charge >= 0.3 is 0 Å². The number of carbonyl (C=O) groups is 1. The number of ketones is 1. The van der Waals surface area contributed by atoms with Crippen LogP contribution in [0.25, 0.3) is 0 Å². The van der Waals surface area contributed by atoms with Gasteiger partial charge in [0, 0.05) is 23.9 Å². The van der Waals surface area contributed by atoms with Crippen LogP contribution in [0.5, 0.6) is 0 Å². The Morgan fingerprint density at radius 1 is 1.35 bits per heavy atom. The standard InChI is InChI=1S/C14H17BrO2/c1-2-17-14(8-6-13(16)7-9-14)11-4-3-5-12(15)10-11/h3-5,10H,2,6-9H2,1H3. The van der Waals surface area contributed by atoms with E-state index in [0.717, 1.165) is 17.3 Å². The fourth-order valence-electron chi connectivity index (χ4n) is 2.50. The maximum atomic E-state index is 11.4. The average molecular weight is 297 g/mol. The minimum absolute atomic E-state index is 0.257. The van der Waals surface area contributed by atoms with Crippen LogP contribution in [0.3, 0.4) is 0 Å². The first-order valence-corrected chi connectivity index (χ1v) is 6.87. The van der Waals surface area contributed by atoms with Gasteiger partial charge < -0.3 is 4.74 Å². The molecule has 1 fully saturated rings. The van der Waals surface area contributed by atoms with E-state index in [-0.39, 0.29) is 5.60 Å². The van der Waals surface area contributed by atoms with Crippen LogP contribution in [0.4, 0.5) is 0 Å². The molecule has 0 N–H and O–H groups in total. The lowest BCUT2D eigenvalue weighted by Crippen LogP contribution is -2.34. The first-order chi connectivity index (χ1) is 8.16. The topological polar surface area (TPSA) is 26.3 Å². The normalized spacial score (nSPS) is 19.3. The number of Topliss-reactive ketones (excluding diaryl/α,β-unsaturated/α-hetero) is 1. The summed E-state index contributed by atoms with van der Waals surface area (Å²) in [4.78, 5) is 11.4. The second-order valence-electron chi connectivity index (χ2n) is 4.48. The van der Waals surface area contributed by atoms with Gasteiger partial charge in [0.05, 0.1) is 5.60 Å². The molecule has 17 heavy (non-hydrogen) atoms. The van der Waals surface area contributed by atoms with Crippen molar-refractivity contribution in [2.24, 2.45) is 0 Å². The molecular formula is C14H17BrO2. The second kappa shape index (κ2) is 5.32. The largest absolute Gasteiger partial charge is 0.371 e. The van der Waals surface area contributed by atoms with Crippen LogP contribution in [0.1, 0.15) is 38.2 Å². The second-order valence-corrected chi connectivity index (χ2v) is 5.39. The van der Waals surface area contributed by atoms with Gasteiger partial charge in [0.15, 0.2) is 0 Å². The molecule has 0 unspecified atom stereocenters. The molecule has 1 aromatic carbocycles. The van der Waals surface area contributed by atoms with Crippen molar-refractivity contribution in [1.29, 1.82) is 0 Å². The highest BCUT2D eigenvalue weighted by molar-refractivity contribution is 9.10. The van der Waals surface area contributed by atoms with Gasteiger partial charge in [-0.15, -0.1) is 0 Å². The van der Waals surface area contributed by atoms with E-state index in [1.807, 2.05) is 19.1 Å². The van der Waals surface area contributed by atoms with E-state index in [1.165, 1.54) is 5.56 Å². The van der Waals surface area contributed by atoms with E-state index in [2.05, 4.69) is 28.1 Å². The van der Waals surface area contributed by atoms with Crippen LogP contribution in [0.2, 0.25) is 0 Å². The van der Waals surface area contributed by atoms with E-state index in [4.69, 9.17) is 4.74 Å². The zero-order valence-corrected chi connectivity index (χ0v) is 11.6. The van der Waals surface area contributed by atoms with Gasteiger partial charge in [0.25, 0.3) is 0 Å². The van der Waals surface area contributed by atoms with Crippen molar-refractivity contribution in [3.63, 3.8) is 0 Å². The van der Waals surface area contributed by atoms with Gasteiger partial charge in [-0.25, -0.2) is 0 Å². The summed E-state index contributed by atoms with van der Waals surface area (Å²) in [5.41, 5.74) is 0.924. The number of benzene rings is 1. The minimum atomic E-state index is -0.257.